The molecular formula is C17H23ClN2O. The second-order valence-corrected chi connectivity index (χ2v) is 7.41. The summed E-state index contributed by atoms with van der Waals surface area (Å²) in [5, 5.41) is 1.76. The Bertz CT molecular complexity index is 625. The van der Waals surface area contributed by atoms with Gasteiger partial charge in [0.1, 0.15) is 11.3 Å². The van der Waals surface area contributed by atoms with Crippen molar-refractivity contribution in [3.63, 3.8) is 0 Å². The normalized spacial score (nSPS) is 20.8. The molecule has 0 spiro atoms. The van der Waals surface area contributed by atoms with Gasteiger partial charge in [0.2, 0.25) is 0 Å². The molecule has 1 unspecified atom stereocenters. The molecule has 1 saturated carbocycles. The van der Waals surface area contributed by atoms with Crippen LogP contribution < -0.4 is 11.3 Å². The zero-order valence-electron chi connectivity index (χ0n) is 12.7. The molecule has 1 aliphatic carbocycles. The fraction of sp³-hybridized carbons (Fsp3) is 0.529. The Morgan fingerprint density at radius 2 is 2.00 bits per heavy atom. The number of halogens is 1. The molecule has 114 valence electrons. The van der Waals surface area contributed by atoms with Gasteiger partial charge >= 0.3 is 0 Å². The van der Waals surface area contributed by atoms with Crippen LogP contribution in [0.3, 0.4) is 0 Å². The molecule has 3 N–H and O–H groups in total. The van der Waals surface area contributed by atoms with E-state index in [1.807, 2.05) is 18.2 Å². The minimum atomic E-state index is 0.0762. The maximum atomic E-state index is 6.04. The molecule has 0 aliphatic heterocycles. The molecule has 1 fully saturated rings. The van der Waals surface area contributed by atoms with Gasteiger partial charge in [-0.2, -0.15) is 0 Å². The van der Waals surface area contributed by atoms with Crippen molar-refractivity contribution in [2.45, 2.75) is 45.6 Å². The van der Waals surface area contributed by atoms with Crippen LogP contribution in [-0.2, 0) is 0 Å². The van der Waals surface area contributed by atoms with Crippen molar-refractivity contribution >= 4 is 22.6 Å². The lowest BCUT2D eigenvalue weighted by atomic mass is 9.71. The highest BCUT2D eigenvalue weighted by atomic mass is 35.5. The maximum absolute atomic E-state index is 6.04. The van der Waals surface area contributed by atoms with Crippen molar-refractivity contribution < 1.29 is 4.42 Å². The predicted octanol–water partition coefficient (Wildman–Crippen LogP) is 4.81. The van der Waals surface area contributed by atoms with Crippen molar-refractivity contribution in [3.8, 4) is 0 Å². The Morgan fingerprint density at radius 1 is 1.29 bits per heavy atom. The van der Waals surface area contributed by atoms with E-state index < -0.39 is 0 Å². The van der Waals surface area contributed by atoms with Crippen LogP contribution in [0.2, 0.25) is 5.02 Å². The quantitative estimate of drug-likeness (QED) is 0.632. The standard InChI is InChI=1S/C17H23ClN2O/c1-17(2)7-5-11(6-8-17)16(20-19)15-10-12-9-13(18)3-4-14(12)21-15/h3-4,9-11,16,20H,5-8,19H2,1-2H3. The number of fused-ring (bicyclic) bond motifs is 1. The average Bonchev–Trinajstić information content (AvgIpc) is 2.84. The molecule has 21 heavy (non-hydrogen) atoms. The van der Waals surface area contributed by atoms with Gasteiger partial charge in [-0.05, 0) is 61.3 Å². The van der Waals surface area contributed by atoms with Crippen LogP contribution in [-0.4, -0.2) is 0 Å². The van der Waals surface area contributed by atoms with Crippen LogP contribution in [0.1, 0.15) is 51.3 Å². The summed E-state index contributed by atoms with van der Waals surface area (Å²) in [6, 6.07) is 7.84. The number of hydrazine groups is 1. The molecule has 4 heteroatoms. The van der Waals surface area contributed by atoms with Gasteiger partial charge in [0.05, 0.1) is 6.04 Å². The van der Waals surface area contributed by atoms with Gasteiger partial charge in [0, 0.05) is 10.4 Å². The van der Waals surface area contributed by atoms with Crippen molar-refractivity contribution in [2.75, 3.05) is 0 Å². The van der Waals surface area contributed by atoms with Crippen LogP contribution >= 0.6 is 11.6 Å². The molecule has 3 rings (SSSR count). The van der Waals surface area contributed by atoms with Crippen LogP contribution in [0.4, 0.5) is 0 Å². The summed E-state index contributed by atoms with van der Waals surface area (Å²) in [6.07, 6.45) is 4.84. The van der Waals surface area contributed by atoms with Crippen LogP contribution in [0.15, 0.2) is 28.7 Å². The summed E-state index contributed by atoms with van der Waals surface area (Å²) >= 11 is 6.04. The van der Waals surface area contributed by atoms with E-state index in [0.717, 1.165) is 21.8 Å². The summed E-state index contributed by atoms with van der Waals surface area (Å²) in [6.45, 7) is 4.69. The molecule has 0 saturated heterocycles. The summed E-state index contributed by atoms with van der Waals surface area (Å²) in [5.41, 5.74) is 4.29. The van der Waals surface area contributed by atoms with Gasteiger partial charge in [0.25, 0.3) is 0 Å². The molecule has 0 radical (unpaired) electrons. The topological polar surface area (TPSA) is 51.2 Å². The highest BCUT2D eigenvalue weighted by Crippen LogP contribution is 2.43. The first-order valence-electron chi connectivity index (χ1n) is 7.64. The number of hydrogen-bond acceptors (Lipinski definition) is 3. The minimum Gasteiger partial charge on any atom is -0.459 e. The zero-order valence-corrected chi connectivity index (χ0v) is 13.4. The fourth-order valence-electron chi connectivity index (χ4n) is 3.39. The van der Waals surface area contributed by atoms with Crippen LogP contribution in [0.25, 0.3) is 11.0 Å². The summed E-state index contributed by atoms with van der Waals surface area (Å²) < 4.78 is 5.98. The van der Waals surface area contributed by atoms with E-state index in [1.165, 1.54) is 25.7 Å². The number of furan rings is 1. The van der Waals surface area contributed by atoms with Gasteiger partial charge in [-0.25, -0.2) is 5.43 Å². The smallest absolute Gasteiger partial charge is 0.134 e. The molecular weight excluding hydrogens is 284 g/mol. The Balaban J connectivity index is 1.84. The first-order chi connectivity index (χ1) is 9.98. The van der Waals surface area contributed by atoms with Crippen molar-refractivity contribution in [3.05, 3.63) is 35.0 Å². The van der Waals surface area contributed by atoms with Crippen molar-refractivity contribution in [2.24, 2.45) is 17.2 Å². The number of nitrogens with one attached hydrogen (secondary N) is 1. The fourth-order valence-corrected chi connectivity index (χ4v) is 3.57. The Kier molecular flexibility index (Phi) is 4.00. The molecule has 1 aromatic heterocycles. The molecule has 1 atom stereocenters. The third kappa shape index (κ3) is 3.10. The summed E-state index contributed by atoms with van der Waals surface area (Å²) in [7, 11) is 0. The monoisotopic (exact) mass is 306 g/mol. The largest absolute Gasteiger partial charge is 0.459 e. The number of rotatable bonds is 3. The van der Waals surface area contributed by atoms with E-state index in [-0.39, 0.29) is 6.04 Å². The molecule has 2 aromatic rings. The first kappa shape index (κ1) is 14.9. The third-order valence-electron chi connectivity index (χ3n) is 4.84. The summed E-state index contributed by atoms with van der Waals surface area (Å²) in [4.78, 5) is 0. The van der Waals surface area contributed by atoms with Crippen LogP contribution in [0, 0.1) is 11.3 Å². The first-order valence-corrected chi connectivity index (χ1v) is 8.01. The zero-order chi connectivity index (χ0) is 15.0. The average molecular weight is 307 g/mol. The van der Waals surface area contributed by atoms with Gasteiger partial charge in [-0.1, -0.05) is 25.4 Å². The molecule has 0 bridgehead atoms. The van der Waals surface area contributed by atoms with Gasteiger partial charge < -0.3 is 4.42 Å². The Morgan fingerprint density at radius 3 is 2.67 bits per heavy atom. The van der Waals surface area contributed by atoms with E-state index in [9.17, 15) is 0 Å². The molecule has 1 heterocycles. The van der Waals surface area contributed by atoms with E-state index in [0.29, 0.717) is 11.3 Å². The molecule has 1 aliphatic rings. The van der Waals surface area contributed by atoms with E-state index >= 15 is 0 Å². The SMILES string of the molecule is CC1(C)CCC(C(NN)c2cc3cc(Cl)ccc3o2)CC1. The van der Waals surface area contributed by atoms with Gasteiger partial charge in [-0.3, -0.25) is 5.84 Å². The Hall–Kier alpha value is -1.03. The number of nitrogens with two attached hydrogens (primary N) is 1. The number of benzene rings is 1. The van der Waals surface area contributed by atoms with Gasteiger partial charge in [-0.15, -0.1) is 0 Å². The van der Waals surface area contributed by atoms with E-state index in [4.69, 9.17) is 21.9 Å². The third-order valence-corrected chi connectivity index (χ3v) is 5.07. The van der Waals surface area contributed by atoms with Gasteiger partial charge in [0.15, 0.2) is 0 Å². The molecule has 1 aromatic carbocycles. The lowest BCUT2D eigenvalue weighted by molar-refractivity contribution is 0.153. The highest BCUT2D eigenvalue weighted by molar-refractivity contribution is 6.31. The Labute approximate surface area is 130 Å². The number of hydrogen-bond donors (Lipinski definition) is 2. The summed E-state index contributed by atoms with van der Waals surface area (Å²) in [5.74, 6) is 7.26. The second-order valence-electron chi connectivity index (χ2n) is 6.98. The molecule has 3 nitrogen and oxygen atoms in total. The minimum absolute atomic E-state index is 0.0762. The lowest BCUT2D eigenvalue weighted by Gasteiger charge is -2.37. The second kappa shape index (κ2) is 5.64. The lowest BCUT2D eigenvalue weighted by Crippen LogP contribution is -2.36. The van der Waals surface area contributed by atoms with Crippen LogP contribution in [0.5, 0.6) is 0 Å². The van der Waals surface area contributed by atoms with Crippen molar-refractivity contribution in [1.82, 2.24) is 5.43 Å². The van der Waals surface area contributed by atoms with E-state index in [1.54, 1.807) is 0 Å². The highest BCUT2D eigenvalue weighted by Gasteiger charge is 2.33. The van der Waals surface area contributed by atoms with E-state index in [2.05, 4.69) is 25.3 Å². The molecule has 0 amide bonds. The predicted molar refractivity (Wildman–Crippen MR) is 87.0 cm³/mol. The maximum Gasteiger partial charge on any atom is 0.134 e. The van der Waals surface area contributed by atoms with Crippen molar-refractivity contribution in [1.29, 1.82) is 0 Å².